The third kappa shape index (κ3) is 2.82. The molecule has 1 saturated heterocycles. The van der Waals surface area contributed by atoms with Gasteiger partial charge in [-0.1, -0.05) is 6.07 Å². The van der Waals surface area contributed by atoms with Crippen LogP contribution in [0.15, 0.2) is 23.1 Å². The van der Waals surface area contributed by atoms with Gasteiger partial charge in [-0.2, -0.15) is 0 Å². The topological polar surface area (TPSA) is 58.2 Å². The van der Waals surface area contributed by atoms with Crippen molar-refractivity contribution in [3.63, 3.8) is 0 Å². The van der Waals surface area contributed by atoms with E-state index in [1.807, 2.05) is 0 Å². The Bertz CT molecular complexity index is 624. The Kier molecular flexibility index (Phi) is 3.75. The van der Waals surface area contributed by atoms with Gasteiger partial charge in [-0.3, -0.25) is 0 Å². The van der Waals surface area contributed by atoms with Crippen LogP contribution in [0.4, 0.5) is 8.78 Å². The highest BCUT2D eigenvalue weighted by molar-refractivity contribution is 7.89. The van der Waals surface area contributed by atoms with Crippen LogP contribution in [-0.2, 0) is 10.0 Å². The first kappa shape index (κ1) is 14.9. The van der Waals surface area contributed by atoms with Gasteiger partial charge in [0, 0.05) is 11.6 Å². The van der Waals surface area contributed by atoms with Gasteiger partial charge in [-0.05, 0) is 50.8 Å². The van der Waals surface area contributed by atoms with Crippen molar-refractivity contribution in [3.8, 4) is 0 Å². The first-order chi connectivity index (χ1) is 9.92. The molecule has 1 aromatic carbocycles. The lowest BCUT2D eigenvalue weighted by molar-refractivity contribution is 0.126. The van der Waals surface area contributed by atoms with Crippen LogP contribution >= 0.6 is 0 Å². The number of rotatable bonds is 3. The van der Waals surface area contributed by atoms with Gasteiger partial charge >= 0.3 is 0 Å². The van der Waals surface area contributed by atoms with Crippen LogP contribution in [0.3, 0.4) is 0 Å². The molecule has 4 nitrogen and oxygen atoms in total. The molecule has 0 radical (unpaired) electrons. The quantitative estimate of drug-likeness (QED) is 0.896. The molecule has 1 aromatic rings. The summed E-state index contributed by atoms with van der Waals surface area (Å²) in [4.78, 5) is -0.883. The standard InChI is InChI=1S/C14H18F2N2O2S/c15-11-3-1-4-12(16)13(11)21(19,20)18-10-5-8-17-14(9-10)6-2-7-14/h1,3-4,10,17-18H,2,5-9H2. The maximum absolute atomic E-state index is 13.7. The molecule has 1 atom stereocenters. The minimum absolute atomic E-state index is 0.0131. The molecule has 1 spiro atoms. The second-order valence-electron chi connectivity index (χ2n) is 5.92. The normalized spacial score (nSPS) is 24.8. The summed E-state index contributed by atoms with van der Waals surface area (Å²) in [5, 5.41) is 3.43. The Morgan fingerprint density at radius 2 is 1.90 bits per heavy atom. The Labute approximate surface area is 123 Å². The van der Waals surface area contributed by atoms with E-state index >= 15 is 0 Å². The molecular weight excluding hydrogens is 298 g/mol. The van der Waals surface area contributed by atoms with Gasteiger partial charge in [0.25, 0.3) is 0 Å². The first-order valence-corrected chi connectivity index (χ1v) is 8.62. The monoisotopic (exact) mass is 316 g/mol. The van der Waals surface area contributed by atoms with E-state index in [0.717, 1.165) is 37.5 Å². The molecule has 1 aliphatic carbocycles. The number of hydrogen-bond donors (Lipinski definition) is 2. The van der Waals surface area contributed by atoms with Gasteiger partial charge in [0.05, 0.1) is 0 Å². The Balaban J connectivity index is 1.80. The number of benzene rings is 1. The summed E-state index contributed by atoms with van der Waals surface area (Å²) in [6, 6.07) is 2.77. The maximum atomic E-state index is 13.7. The van der Waals surface area contributed by atoms with E-state index in [1.54, 1.807) is 0 Å². The molecule has 3 rings (SSSR count). The van der Waals surface area contributed by atoms with Crippen LogP contribution in [0.5, 0.6) is 0 Å². The molecule has 7 heteroatoms. The number of halogens is 2. The molecule has 2 fully saturated rings. The Hall–Kier alpha value is -1.05. The van der Waals surface area contributed by atoms with Crippen LogP contribution < -0.4 is 10.0 Å². The minimum Gasteiger partial charge on any atom is -0.311 e. The van der Waals surface area contributed by atoms with Crippen LogP contribution in [-0.4, -0.2) is 26.5 Å². The van der Waals surface area contributed by atoms with Crippen molar-refractivity contribution < 1.29 is 17.2 Å². The van der Waals surface area contributed by atoms with Gasteiger partial charge in [-0.15, -0.1) is 0 Å². The molecule has 0 bridgehead atoms. The SMILES string of the molecule is O=S(=O)(NC1CCNC2(CCC2)C1)c1c(F)cccc1F. The van der Waals surface area contributed by atoms with Crippen molar-refractivity contribution >= 4 is 10.0 Å². The predicted molar refractivity (Wildman–Crippen MR) is 74.3 cm³/mol. The van der Waals surface area contributed by atoms with Crippen molar-refractivity contribution in [2.75, 3.05) is 6.54 Å². The lowest BCUT2D eigenvalue weighted by Crippen LogP contribution is -2.59. The molecule has 0 aromatic heterocycles. The molecule has 1 unspecified atom stereocenters. The van der Waals surface area contributed by atoms with Gasteiger partial charge in [0.2, 0.25) is 10.0 Å². The fourth-order valence-electron chi connectivity index (χ4n) is 3.26. The van der Waals surface area contributed by atoms with Crippen LogP contribution in [0.25, 0.3) is 0 Å². The van der Waals surface area contributed by atoms with Gasteiger partial charge in [-0.25, -0.2) is 21.9 Å². The summed E-state index contributed by atoms with van der Waals surface area (Å²) >= 11 is 0. The lowest BCUT2D eigenvalue weighted by Gasteiger charge is -2.48. The maximum Gasteiger partial charge on any atom is 0.246 e. The highest BCUT2D eigenvalue weighted by Crippen LogP contribution is 2.38. The second-order valence-corrected chi connectivity index (χ2v) is 7.57. The second kappa shape index (κ2) is 5.30. The van der Waals surface area contributed by atoms with Crippen molar-refractivity contribution in [2.24, 2.45) is 0 Å². The van der Waals surface area contributed by atoms with Crippen LogP contribution in [0, 0.1) is 11.6 Å². The summed E-state index contributed by atoms with van der Waals surface area (Å²) in [5.41, 5.74) is 0.0131. The first-order valence-electron chi connectivity index (χ1n) is 7.13. The molecule has 116 valence electrons. The fraction of sp³-hybridized carbons (Fsp3) is 0.571. The van der Waals surface area contributed by atoms with Gasteiger partial charge < -0.3 is 5.32 Å². The molecule has 1 heterocycles. The van der Waals surface area contributed by atoms with E-state index in [1.165, 1.54) is 0 Å². The highest BCUT2D eigenvalue weighted by atomic mass is 32.2. The average Bonchev–Trinajstić information content (AvgIpc) is 2.36. The van der Waals surface area contributed by atoms with E-state index in [9.17, 15) is 17.2 Å². The summed E-state index contributed by atoms with van der Waals surface area (Å²) < 4.78 is 54.3. The average molecular weight is 316 g/mol. The van der Waals surface area contributed by atoms with Gasteiger partial charge in [0.15, 0.2) is 4.90 Å². The molecule has 2 aliphatic rings. The highest BCUT2D eigenvalue weighted by Gasteiger charge is 2.42. The van der Waals surface area contributed by atoms with E-state index < -0.39 is 26.6 Å². The smallest absolute Gasteiger partial charge is 0.246 e. The fourth-order valence-corrected chi connectivity index (χ4v) is 4.67. The number of nitrogens with one attached hydrogen (secondary N) is 2. The largest absolute Gasteiger partial charge is 0.311 e. The molecular formula is C14H18F2N2O2S. The van der Waals surface area contributed by atoms with Crippen LogP contribution in [0.1, 0.15) is 32.1 Å². The van der Waals surface area contributed by atoms with E-state index in [2.05, 4.69) is 10.0 Å². The molecule has 2 N–H and O–H groups in total. The minimum atomic E-state index is -4.18. The lowest BCUT2D eigenvalue weighted by atomic mass is 9.70. The number of hydrogen-bond acceptors (Lipinski definition) is 3. The zero-order chi connectivity index (χ0) is 15.1. The van der Waals surface area contributed by atoms with Crippen molar-refractivity contribution in [1.82, 2.24) is 10.0 Å². The number of sulfonamides is 1. The summed E-state index contributed by atoms with van der Waals surface area (Å²) in [5.74, 6) is -2.12. The van der Waals surface area contributed by atoms with Crippen LogP contribution in [0.2, 0.25) is 0 Å². The van der Waals surface area contributed by atoms with Gasteiger partial charge in [0.1, 0.15) is 11.6 Å². The van der Waals surface area contributed by atoms with E-state index in [4.69, 9.17) is 0 Å². The summed E-state index contributed by atoms with van der Waals surface area (Å²) in [7, 11) is -4.18. The Morgan fingerprint density at radius 1 is 1.24 bits per heavy atom. The van der Waals surface area contributed by atoms with Crippen molar-refractivity contribution in [2.45, 2.75) is 48.6 Å². The predicted octanol–water partition coefficient (Wildman–Crippen LogP) is 1.92. The van der Waals surface area contributed by atoms with E-state index in [0.29, 0.717) is 19.4 Å². The number of piperidine rings is 1. The molecule has 0 amide bonds. The Morgan fingerprint density at radius 3 is 2.48 bits per heavy atom. The summed E-state index contributed by atoms with van der Waals surface area (Å²) in [6.07, 6.45) is 4.48. The zero-order valence-electron chi connectivity index (χ0n) is 11.5. The third-order valence-corrected chi connectivity index (χ3v) is 6.02. The zero-order valence-corrected chi connectivity index (χ0v) is 12.3. The third-order valence-electron chi connectivity index (χ3n) is 4.45. The summed E-state index contributed by atoms with van der Waals surface area (Å²) in [6.45, 7) is 0.715. The van der Waals surface area contributed by atoms with E-state index in [-0.39, 0.29) is 11.6 Å². The molecule has 1 aliphatic heterocycles. The molecule has 21 heavy (non-hydrogen) atoms. The van der Waals surface area contributed by atoms with Crippen molar-refractivity contribution in [3.05, 3.63) is 29.8 Å². The van der Waals surface area contributed by atoms with Crippen molar-refractivity contribution in [1.29, 1.82) is 0 Å². The molecule has 1 saturated carbocycles.